The molecule has 0 aromatic rings. The van der Waals surface area contributed by atoms with Crippen LogP contribution < -0.4 is 16.4 Å². The summed E-state index contributed by atoms with van der Waals surface area (Å²) in [5.41, 5.74) is 5.78. The average Bonchev–Trinajstić information content (AvgIpc) is 2.51. The van der Waals surface area contributed by atoms with E-state index in [0.717, 1.165) is 0 Å². The standard InChI is InChI=1S/C18H33N3O4/c1-7-25-15(22)9-8-14(10-11(2)3)21-17(23)13(6)20-18(24)16(19)12(4)5/h8-9,11-14,16H,7,10,19H2,1-6H3,(H,20,24)(H,21,23)/b9-8+/t13-,14+,16-/m0/s1. The lowest BCUT2D eigenvalue weighted by Gasteiger charge is -2.22. The minimum atomic E-state index is -0.719. The second-order valence-electron chi connectivity index (χ2n) is 6.86. The highest BCUT2D eigenvalue weighted by molar-refractivity contribution is 5.89. The second-order valence-corrected chi connectivity index (χ2v) is 6.86. The zero-order valence-electron chi connectivity index (χ0n) is 16.2. The van der Waals surface area contributed by atoms with Crippen LogP contribution in [-0.4, -0.2) is 42.5 Å². The molecule has 4 N–H and O–H groups in total. The van der Waals surface area contributed by atoms with Gasteiger partial charge < -0.3 is 21.1 Å². The zero-order valence-corrected chi connectivity index (χ0v) is 16.2. The average molecular weight is 355 g/mol. The fourth-order valence-electron chi connectivity index (χ4n) is 2.06. The van der Waals surface area contributed by atoms with Crippen LogP contribution in [0.5, 0.6) is 0 Å². The molecule has 0 saturated heterocycles. The third-order valence-corrected chi connectivity index (χ3v) is 3.58. The summed E-state index contributed by atoms with van der Waals surface area (Å²) < 4.78 is 4.84. The molecule has 25 heavy (non-hydrogen) atoms. The number of carbonyl (C=O) groups excluding carboxylic acids is 3. The van der Waals surface area contributed by atoms with Gasteiger partial charge in [-0.2, -0.15) is 0 Å². The van der Waals surface area contributed by atoms with Gasteiger partial charge in [0, 0.05) is 12.1 Å². The van der Waals surface area contributed by atoms with Crippen molar-refractivity contribution in [3.63, 3.8) is 0 Å². The number of hydrogen-bond donors (Lipinski definition) is 3. The third-order valence-electron chi connectivity index (χ3n) is 3.58. The predicted octanol–water partition coefficient (Wildman–Crippen LogP) is 1.12. The van der Waals surface area contributed by atoms with Gasteiger partial charge in [0.2, 0.25) is 11.8 Å². The molecule has 3 atom stereocenters. The molecular weight excluding hydrogens is 322 g/mol. The van der Waals surface area contributed by atoms with Gasteiger partial charge >= 0.3 is 5.97 Å². The van der Waals surface area contributed by atoms with Crippen LogP contribution in [0.25, 0.3) is 0 Å². The number of amides is 2. The Labute approximate surface area is 150 Å². The molecule has 0 aliphatic heterocycles. The molecule has 0 fully saturated rings. The lowest BCUT2D eigenvalue weighted by molar-refractivity contribution is -0.137. The first-order chi connectivity index (χ1) is 11.6. The Morgan fingerprint density at radius 1 is 1.04 bits per heavy atom. The lowest BCUT2D eigenvalue weighted by atomic mass is 10.0. The monoisotopic (exact) mass is 355 g/mol. The van der Waals surface area contributed by atoms with Gasteiger partial charge in [0.1, 0.15) is 6.04 Å². The van der Waals surface area contributed by atoms with Crippen LogP contribution >= 0.6 is 0 Å². The molecular formula is C18H33N3O4. The van der Waals surface area contributed by atoms with Gasteiger partial charge in [0.25, 0.3) is 0 Å². The molecule has 7 heteroatoms. The van der Waals surface area contributed by atoms with E-state index in [9.17, 15) is 14.4 Å². The summed E-state index contributed by atoms with van der Waals surface area (Å²) in [6, 6.07) is -1.71. The van der Waals surface area contributed by atoms with Crippen molar-refractivity contribution in [2.75, 3.05) is 6.61 Å². The molecule has 2 amide bonds. The maximum absolute atomic E-state index is 12.3. The van der Waals surface area contributed by atoms with Crippen molar-refractivity contribution in [1.29, 1.82) is 0 Å². The fraction of sp³-hybridized carbons (Fsp3) is 0.722. The largest absolute Gasteiger partial charge is 0.463 e. The van der Waals surface area contributed by atoms with Crippen LogP contribution in [0, 0.1) is 11.8 Å². The van der Waals surface area contributed by atoms with Crippen molar-refractivity contribution in [3.05, 3.63) is 12.2 Å². The number of nitrogens with one attached hydrogen (secondary N) is 2. The van der Waals surface area contributed by atoms with Crippen LogP contribution in [0.15, 0.2) is 12.2 Å². The minimum Gasteiger partial charge on any atom is -0.463 e. The highest BCUT2D eigenvalue weighted by Crippen LogP contribution is 2.07. The van der Waals surface area contributed by atoms with Crippen LogP contribution in [0.4, 0.5) is 0 Å². The summed E-state index contributed by atoms with van der Waals surface area (Å²) >= 11 is 0. The van der Waals surface area contributed by atoms with Gasteiger partial charge in [-0.15, -0.1) is 0 Å². The van der Waals surface area contributed by atoms with E-state index in [4.69, 9.17) is 10.5 Å². The minimum absolute atomic E-state index is 0.0172. The van der Waals surface area contributed by atoms with Crippen LogP contribution in [-0.2, 0) is 19.1 Å². The number of hydrogen-bond acceptors (Lipinski definition) is 5. The normalized spacial score (nSPS) is 15.1. The lowest BCUT2D eigenvalue weighted by Crippen LogP contribution is -2.53. The van der Waals surface area contributed by atoms with E-state index in [1.807, 2.05) is 27.7 Å². The smallest absolute Gasteiger partial charge is 0.330 e. The van der Waals surface area contributed by atoms with Gasteiger partial charge in [-0.05, 0) is 32.1 Å². The van der Waals surface area contributed by atoms with Gasteiger partial charge in [0.05, 0.1) is 12.6 Å². The third kappa shape index (κ3) is 9.86. The molecule has 0 aromatic carbocycles. The molecule has 0 spiro atoms. The van der Waals surface area contributed by atoms with Gasteiger partial charge in [0.15, 0.2) is 0 Å². The number of rotatable bonds is 10. The first-order valence-corrected chi connectivity index (χ1v) is 8.79. The maximum atomic E-state index is 12.3. The van der Waals surface area contributed by atoms with Crippen molar-refractivity contribution in [2.24, 2.45) is 17.6 Å². The maximum Gasteiger partial charge on any atom is 0.330 e. The topological polar surface area (TPSA) is 111 Å². The van der Waals surface area contributed by atoms with E-state index in [-0.39, 0.29) is 23.8 Å². The summed E-state index contributed by atoms with van der Waals surface area (Å²) in [4.78, 5) is 35.7. The fourth-order valence-corrected chi connectivity index (χ4v) is 2.06. The summed E-state index contributed by atoms with van der Waals surface area (Å²) in [5, 5.41) is 5.44. The molecule has 7 nitrogen and oxygen atoms in total. The van der Waals surface area contributed by atoms with Crippen molar-refractivity contribution >= 4 is 17.8 Å². The highest BCUT2D eigenvalue weighted by Gasteiger charge is 2.23. The molecule has 0 radical (unpaired) electrons. The molecule has 0 bridgehead atoms. The van der Waals surface area contributed by atoms with E-state index in [1.165, 1.54) is 6.08 Å². The van der Waals surface area contributed by atoms with Crippen molar-refractivity contribution in [1.82, 2.24) is 10.6 Å². The summed E-state index contributed by atoms with van der Waals surface area (Å²) in [7, 11) is 0. The molecule has 0 unspecified atom stereocenters. The van der Waals surface area contributed by atoms with E-state index in [0.29, 0.717) is 18.9 Å². The Bertz CT molecular complexity index is 475. The van der Waals surface area contributed by atoms with Crippen molar-refractivity contribution < 1.29 is 19.1 Å². The van der Waals surface area contributed by atoms with Gasteiger partial charge in [-0.3, -0.25) is 9.59 Å². The number of carbonyl (C=O) groups is 3. The van der Waals surface area contributed by atoms with E-state index in [1.54, 1.807) is 19.9 Å². The molecule has 0 aliphatic rings. The Hall–Kier alpha value is -1.89. The SMILES string of the molecule is CCOC(=O)/C=C/[C@H](CC(C)C)NC(=O)[C@H](C)NC(=O)[C@@H](N)C(C)C. The zero-order chi connectivity index (χ0) is 19.6. The van der Waals surface area contributed by atoms with Crippen LogP contribution in [0.2, 0.25) is 0 Å². The molecule has 0 aliphatic carbocycles. The predicted molar refractivity (Wildman–Crippen MR) is 97.6 cm³/mol. The van der Waals surface area contributed by atoms with Gasteiger partial charge in [-0.1, -0.05) is 33.8 Å². The molecule has 0 heterocycles. The van der Waals surface area contributed by atoms with Crippen molar-refractivity contribution in [3.8, 4) is 0 Å². The summed E-state index contributed by atoms with van der Waals surface area (Å²) in [6.45, 7) is 11.3. The summed E-state index contributed by atoms with van der Waals surface area (Å²) in [5.74, 6) is -0.841. The van der Waals surface area contributed by atoms with Crippen LogP contribution in [0.1, 0.15) is 48.0 Å². The van der Waals surface area contributed by atoms with E-state index >= 15 is 0 Å². The second kappa shape index (κ2) is 11.6. The quantitative estimate of drug-likeness (QED) is 0.402. The Morgan fingerprint density at radius 3 is 2.12 bits per heavy atom. The van der Waals surface area contributed by atoms with Crippen LogP contribution in [0.3, 0.4) is 0 Å². The Balaban J connectivity index is 4.78. The first-order valence-electron chi connectivity index (χ1n) is 8.79. The molecule has 0 aromatic heterocycles. The summed E-state index contributed by atoms with van der Waals surface area (Å²) in [6.07, 6.45) is 3.59. The number of nitrogens with two attached hydrogens (primary N) is 1. The first kappa shape index (κ1) is 23.1. The van der Waals surface area contributed by atoms with E-state index < -0.39 is 18.1 Å². The van der Waals surface area contributed by atoms with Gasteiger partial charge in [-0.25, -0.2) is 4.79 Å². The van der Waals surface area contributed by atoms with E-state index in [2.05, 4.69) is 10.6 Å². The number of ether oxygens (including phenoxy) is 1. The van der Waals surface area contributed by atoms with Crippen molar-refractivity contribution in [2.45, 2.75) is 66.1 Å². The Morgan fingerprint density at radius 2 is 1.64 bits per heavy atom. The molecule has 144 valence electrons. The molecule has 0 saturated carbocycles. The number of esters is 1. The Kier molecular flexibility index (Phi) is 10.7. The molecule has 0 rings (SSSR count). The highest BCUT2D eigenvalue weighted by atomic mass is 16.5.